The quantitative estimate of drug-likeness (QED) is 0.144. The Labute approximate surface area is 395 Å². The minimum Gasteiger partial charge on any atom is -0.493 e. The number of methoxy groups -OCH3 is 1. The third-order valence-corrected chi connectivity index (χ3v) is 13.8. The Morgan fingerprint density at radius 1 is 0.899 bits per heavy atom. The van der Waals surface area contributed by atoms with Gasteiger partial charge in [-0.15, -0.1) is 0 Å². The number of hydrogen-bond donors (Lipinski definition) is 1. The van der Waals surface area contributed by atoms with Crippen molar-refractivity contribution in [3.63, 3.8) is 0 Å². The summed E-state index contributed by atoms with van der Waals surface area (Å²) in [4.78, 5) is 64.0. The van der Waals surface area contributed by atoms with Gasteiger partial charge in [0.15, 0.2) is 28.9 Å². The van der Waals surface area contributed by atoms with Crippen molar-refractivity contribution in [3.05, 3.63) is 94.9 Å². The predicted octanol–water partition coefficient (Wildman–Crippen LogP) is 5.17. The van der Waals surface area contributed by atoms with Crippen molar-refractivity contribution in [2.75, 3.05) is 81.3 Å². The molecule has 2 atom stereocenters. The third-order valence-electron chi connectivity index (χ3n) is 12.9. The van der Waals surface area contributed by atoms with Gasteiger partial charge in [-0.25, -0.2) is 31.4 Å². The van der Waals surface area contributed by atoms with Crippen LogP contribution in [0.1, 0.15) is 57.7 Å². The molecule has 22 heteroatoms. The van der Waals surface area contributed by atoms with Gasteiger partial charge in [0.1, 0.15) is 21.4 Å². The summed E-state index contributed by atoms with van der Waals surface area (Å²) in [5, 5.41) is 7.00. The van der Waals surface area contributed by atoms with Crippen LogP contribution in [0.25, 0.3) is 10.9 Å². The molecular weight excluding hydrogens is 924 g/mol. The van der Waals surface area contributed by atoms with E-state index in [1.165, 1.54) is 41.1 Å². The second-order valence-electron chi connectivity index (χ2n) is 17.6. The van der Waals surface area contributed by atoms with E-state index >= 15 is 13.2 Å². The SMILES string of the molecule is CCOc1cc([C@@H](CS(C)(=O)=O)N2C(=O)c3cnc(N4CCN([C@H]5CCN(Cc6ccc(Oc7cc8c(cc7F)c(N7CCC(=O)NC7=O)nn8C)cc6)CC5(F)F)CC4)cc3C2=O)ccc1OC. The van der Waals surface area contributed by atoms with E-state index in [-0.39, 0.29) is 48.6 Å². The fraction of sp³-hybridized carbons (Fsp3) is 0.404. The lowest BCUT2D eigenvalue weighted by Crippen LogP contribution is -2.61. The molecule has 6 heterocycles. The first kappa shape index (κ1) is 47.3. The first-order chi connectivity index (χ1) is 32.9. The van der Waals surface area contributed by atoms with Crippen molar-refractivity contribution in [2.45, 2.75) is 44.3 Å². The summed E-state index contributed by atoms with van der Waals surface area (Å²) in [6.45, 7) is 3.71. The number of imide groups is 2. The molecule has 0 aliphatic carbocycles. The maximum atomic E-state index is 16.0. The van der Waals surface area contributed by atoms with Crippen LogP contribution in [0.4, 0.5) is 29.6 Å². The highest BCUT2D eigenvalue weighted by Crippen LogP contribution is 2.39. The van der Waals surface area contributed by atoms with E-state index in [4.69, 9.17) is 14.2 Å². The molecule has 364 valence electrons. The molecule has 3 fully saturated rings. The highest BCUT2D eigenvalue weighted by Gasteiger charge is 2.48. The van der Waals surface area contributed by atoms with Gasteiger partial charge in [0.05, 0.1) is 54.7 Å². The number of aromatic nitrogens is 3. The summed E-state index contributed by atoms with van der Waals surface area (Å²) in [7, 11) is -0.593. The smallest absolute Gasteiger partial charge is 0.329 e. The molecule has 18 nitrogen and oxygen atoms in total. The number of likely N-dealkylation sites (tertiary alicyclic amines) is 1. The minimum absolute atomic E-state index is 0.0350. The van der Waals surface area contributed by atoms with Crippen LogP contribution >= 0.6 is 0 Å². The summed E-state index contributed by atoms with van der Waals surface area (Å²) < 4.78 is 91.1. The fourth-order valence-electron chi connectivity index (χ4n) is 9.55. The lowest BCUT2D eigenvalue weighted by molar-refractivity contribution is -0.129. The van der Waals surface area contributed by atoms with E-state index in [9.17, 15) is 27.6 Å². The van der Waals surface area contributed by atoms with Gasteiger partial charge >= 0.3 is 6.03 Å². The number of ether oxygens (including phenoxy) is 3. The summed E-state index contributed by atoms with van der Waals surface area (Å²) in [6.07, 6.45) is 2.66. The number of nitrogens with zero attached hydrogens (tertiary/aromatic N) is 8. The average molecular weight is 974 g/mol. The molecule has 2 aromatic heterocycles. The summed E-state index contributed by atoms with van der Waals surface area (Å²) in [5.41, 5.74) is 1.74. The van der Waals surface area contributed by atoms with Crippen molar-refractivity contribution < 1.29 is 55.0 Å². The number of benzene rings is 3. The van der Waals surface area contributed by atoms with E-state index in [2.05, 4.69) is 15.4 Å². The Hall–Kier alpha value is -6.78. The van der Waals surface area contributed by atoms with Crippen LogP contribution < -0.4 is 29.3 Å². The number of sulfone groups is 1. The Kier molecular flexibility index (Phi) is 12.8. The Balaban J connectivity index is 0.803. The fourth-order valence-corrected chi connectivity index (χ4v) is 10.5. The van der Waals surface area contributed by atoms with E-state index in [0.29, 0.717) is 78.9 Å². The largest absolute Gasteiger partial charge is 0.493 e. The van der Waals surface area contributed by atoms with E-state index in [1.54, 1.807) is 66.2 Å². The first-order valence-corrected chi connectivity index (χ1v) is 24.5. The lowest BCUT2D eigenvalue weighted by Gasteiger charge is -2.46. The van der Waals surface area contributed by atoms with Gasteiger partial charge in [-0.2, -0.15) is 5.10 Å². The Morgan fingerprint density at radius 3 is 2.32 bits per heavy atom. The van der Waals surface area contributed by atoms with E-state index in [0.717, 1.165) is 16.7 Å². The van der Waals surface area contributed by atoms with Crippen LogP contribution in [0, 0.1) is 5.82 Å². The molecule has 0 radical (unpaired) electrons. The highest BCUT2D eigenvalue weighted by molar-refractivity contribution is 7.90. The topological polar surface area (TPSA) is 189 Å². The number of carbonyl (C=O) groups is 4. The Morgan fingerprint density at radius 2 is 1.64 bits per heavy atom. The first-order valence-electron chi connectivity index (χ1n) is 22.4. The number of rotatable bonds is 14. The van der Waals surface area contributed by atoms with Crippen LogP contribution in [0.15, 0.2) is 66.9 Å². The summed E-state index contributed by atoms with van der Waals surface area (Å²) in [6, 6.07) is 12.9. The van der Waals surface area contributed by atoms with Gasteiger partial charge in [0.25, 0.3) is 17.7 Å². The van der Waals surface area contributed by atoms with Crippen LogP contribution in [0.3, 0.4) is 0 Å². The number of nitrogens with one attached hydrogen (secondary N) is 1. The zero-order valence-electron chi connectivity index (χ0n) is 38.3. The number of anilines is 2. The number of fused-ring (bicyclic) bond motifs is 2. The number of piperidine rings is 1. The number of carbonyl (C=O) groups excluding carboxylic acids is 4. The molecule has 9 rings (SSSR count). The van der Waals surface area contributed by atoms with E-state index < -0.39 is 69.7 Å². The van der Waals surface area contributed by atoms with Crippen LogP contribution in [-0.2, 0) is 28.2 Å². The monoisotopic (exact) mass is 973 g/mol. The molecule has 3 aromatic carbocycles. The third kappa shape index (κ3) is 9.51. The lowest BCUT2D eigenvalue weighted by atomic mass is 9.97. The zero-order valence-corrected chi connectivity index (χ0v) is 39.1. The van der Waals surface area contributed by atoms with Crippen LogP contribution in [0.2, 0.25) is 0 Å². The van der Waals surface area contributed by atoms with Gasteiger partial charge in [0.2, 0.25) is 5.91 Å². The van der Waals surface area contributed by atoms with Crippen molar-refractivity contribution in [1.29, 1.82) is 0 Å². The number of aryl methyl sites for hydroxylation is 1. The number of amides is 5. The standard InChI is InChI=1S/C47H50F3N9O9S/c1-5-67-39-20-29(8-11-37(39)66-3)36(26-69(4,64)65)59-44(61)31-22-41(51-24-33(31)45(59)62)57-18-16-56(17-19-57)40-12-14-55(27-47(40,49)50)25-28-6-9-30(10-7-28)68-38-23-35-32(21-34(38)48)43(53-54(35)2)58-15-13-42(60)52-46(58)63/h6-11,20-24,36,40H,5,12-19,25-27H2,1-4H3,(H,52,60,63)/t36-,40+/m1/s1. The van der Waals surface area contributed by atoms with Crippen molar-refractivity contribution in [1.82, 2.24) is 34.8 Å². The number of hydrogen-bond acceptors (Lipinski definition) is 14. The molecule has 0 bridgehead atoms. The maximum Gasteiger partial charge on any atom is 0.329 e. The van der Waals surface area contributed by atoms with Gasteiger partial charge in [-0.05, 0) is 60.9 Å². The second-order valence-corrected chi connectivity index (χ2v) is 19.8. The van der Waals surface area contributed by atoms with Crippen molar-refractivity contribution in [3.8, 4) is 23.0 Å². The number of piperazine rings is 1. The molecule has 4 aliphatic heterocycles. The molecule has 3 saturated heterocycles. The number of alkyl halides is 2. The van der Waals surface area contributed by atoms with Gasteiger partial charge in [-0.1, -0.05) is 18.2 Å². The maximum absolute atomic E-state index is 16.0. The van der Waals surface area contributed by atoms with Crippen LogP contribution in [0.5, 0.6) is 23.0 Å². The van der Waals surface area contributed by atoms with Crippen LogP contribution in [-0.4, -0.2) is 145 Å². The second kappa shape index (κ2) is 18.6. The van der Waals surface area contributed by atoms with Gasteiger partial charge in [-0.3, -0.25) is 44.0 Å². The molecule has 5 amide bonds. The minimum atomic E-state index is -3.70. The Bertz CT molecular complexity index is 2970. The average Bonchev–Trinajstić information content (AvgIpc) is 3.75. The molecule has 0 saturated carbocycles. The molecule has 5 aromatic rings. The highest BCUT2D eigenvalue weighted by atomic mass is 32.2. The van der Waals surface area contributed by atoms with Crippen molar-refractivity contribution in [2.24, 2.45) is 7.05 Å². The molecule has 1 N–H and O–H groups in total. The van der Waals surface area contributed by atoms with Gasteiger partial charge < -0.3 is 19.1 Å². The van der Waals surface area contributed by atoms with E-state index in [1.807, 2.05) is 4.90 Å². The number of halogens is 3. The molecule has 0 spiro atoms. The molecule has 0 unspecified atom stereocenters. The summed E-state index contributed by atoms with van der Waals surface area (Å²) >= 11 is 0. The number of urea groups is 1. The predicted molar refractivity (Wildman–Crippen MR) is 246 cm³/mol. The van der Waals surface area contributed by atoms with Crippen molar-refractivity contribution >= 4 is 56.1 Å². The summed E-state index contributed by atoms with van der Waals surface area (Å²) in [5.74, 6) is -4.40. The van der Waals surface area contributed by atoms with Gasteiger partial charge in [0, 0.05) is 83.2 Å². The zero-order chi connectivity index (χ0) is 48.9. The molecule has 4 aliphatic rings. The number of pyridine rings is 1. The normalized spacial score (nSPS) is 19.5. The molecular formula is C47H50F3N9O9S. The molecule has 69 heavy (non-hydrogen) atoms.